The van der Waals surface area contributed by atoms with Gasteiger partial charge < -0.3 is 5.11 Å². The summed E-state index contributed by atoms with van der Waals surface area (Å²) in [5.74, 6) is 0.169. The molecule has 0 aliphatic heterocycles. The summed E-state index contributed by atoms with van der Waals surface area (Å²) >= 11 is 0. The van der Waals surface area contributed by atoms with E-state index in [9.17, 15) is 9.59 Å². The Labute approximate surface area is 86.9 Å². The number of hydrogen-bond donors (Lipinski definition) is 2. The zero-order chi connectivity index (χ0) is 10.8. The van der Waals surface area contributed by atoms with E-state index in [4.69, 9.17) is 5.11 Å². The number of aryl methyl sites for hydroxylation is 1. The zero-order valence-corrected chi connectivity index (χ0v) is 8.12. The van der Waals surface area contributed by atoms with E-state index in [1.807, 2.05) is 6.07 Å². The van der Waals surface area contributed by atoms with Crippen molar-refractivity contribution >= 4 is 17.6 Å². The van der Waals surface area contributed by atoms with Crippen LogP contribution in [0.25, 0.3) is 0 Å². The maximum Gasteiger partial charge on any atom is 0.409 e. The van der Waals surface area contributed by atoms with E-state index in [-0.39, 0.29) is 5.78 Å². The van der Waals surface area contributed by atoms with Crippen molar-refractivity contribution in [3.8, 4) is 0 Å². The predicted molar refractivity (Wildman–Crippen MR) is 55.1 cm³/mol. The van der Waals surface area contributed by atoms with Gasteiger partial charge in [0.2, 0.25) is 0 Å². The molecule has 1 aliphatic rings. The van der Waals surface area contributed by atoms with Gasteiger partial charge in [0.15, 0.2) is 0 Å². The van der Waals surface area contributed by atoms with Crippen LogP contribution in [-0.4, -0.2) is 17.0 Å². The Morgan fingerprint density at radius 1 is 1.33 bits per heavy atom. The van der Waals surface area contributed by atoms with Crippen LogP contribution in [0.2, 0.25) is 0 Å². The van der Waals surface area contributed by atoms with Crippen LogP contribution in [0, 0.1) is 0 Å². The lowest BCUT2D eigenvalue weighted by molar-refractivity contribution is -0.118. The van der Waals surface area contributed by atoms with Crippen LogP contribution in [0.3, 0.4) is 0 Å². The lowest BCUT2D eigenvalue weighted by Crippen LogP contribution is -2.17. The Morgan fingerprint density at radius 3 is 2.87 bits per heavy atom. The van der Waals surface area contributed by atoms with Gasteiger partial charge in [0.05, 0.1) is 0 Å². The van der Waals surface area contributed by atoms with E-state index >= 15 is 0 Å². The van der Waals surface area contributed by atoms with Gasteiger partial charge in [-0.1, -0.05) is 12.1 Å². The van der Waals surface area contributed by atoms with Gasteiger partial charge >= 0.3 is 6.09 Å². The summed E-state index contributed by atoms with van der Waals surface area (Å²) in [4.78, 5) is 21.8. The molecule has 4 nitrogen and oxygen atoms in total. The number of anilines is 1. The van der Waals surface area contributed by atoms with Crippen molar-refractivity contribution in [1.82, 2.24) is 0 Å². The first-order chi connectivity index (χ1) is 7.16. The third-order valence-corrected chi connectivity index (χ3v) is 2.56. The Bertz CT molecular complexity index is 426. The number of hydrogen-bond acceptors (Lipinski definition) is 2. The summed E-state index contributed by atoms with van der Waals surface area (Å²) in [5, 5.41) is 11.0. The Hall–Kier alpha value is -1.84. The van der Waals surface area contributed by atoms with Gasteiger partial charge in [-0.05, 0) is 23.6 Å². The topological polar surface area (TPSA) is 66.4 Å². The molecule has 0 radical (unpaired) electrons. The van der Waals surface area contributed by atoms with Gasteiger partial charge in [-0.15, -0.1) is 0 Å². The minimum Gasteiger partial charge on any atom is -0.465 e. The van der Waals surface area contributed by atoms with E-state index in [1.54, 1.807) is 12.1 Å². The molecule has 0 atom stereocenters. The van der Waals surface area contributed by atoms with Crippen LogP contribution in [0.15, 0.2) is 18.2 Å². The monoisotopic (exact) mass is 205 g/mol. The minimum atomic E-state index is -1.10. The van der Waals surface area contributed by atoms with Crippen molar-refractivity contribution in [2.75, 3.05) is 5.32 Å². The van der Waals surface area contributed by atoms with Gasteiger partial charge in [-0.25, -0.2) is 4.79 Å². The second-order valence-corrected chi connectivity index (χ2v) is 3.59. The molecule has 1 aromatic carbocycles. The highest BCUT2D eigenvalue weighted by Gasteiger charge is 2.18. The lowest BCUT2D eigenvalue weighted by Gasteiger charge is -2.17. The molecule has 2 rings (SSSR count). The second-order valence-electron chi connectivity index (χ2n) is 3.59. The molecule has 0 saturated carbocycles. The molecule has 15 heavy (non-hydrogen) atoms. The molecule has 2 N–H and O–H groups in total. The van der Waals surface area contributed by atoms with Crippen molar-refractivity contribution in [2.24, 2.45) is 0 Å². The van der Waals surface area contributed by atoms with Gasteiger partial charge in [0, 0.05) is 18.5 Å². The number of ketones is 1. The maximum absolute atomic E-state index is 11.3. The number of fused-ring (bicyclic) bond motifs is 1. The number of Topliss-reactive ketones (excluding diaryl/α,β-unsaturated/α-hetero) is 1. The standard InChI is InChI=1S/C11H11NO3/c13-8-5-4-7-2-1-3-10(9(7)6-8)12-11(14)15/h1-3,12H,4-6H2,(H,14,15). The fourth-order valence-corrected chi connectivity index (χ4v) is 1.87. The number of benzene rings is 1. The molecule has 4 heteroatoms. The smallest absolute Gasteiger partial charge is 0.409 e. The molecule has 0 spiro atoms. The minimum absolute atomic E-state index is 0.169. The van der Waals surface area contributed by atoms with Crippen molar-refractivity contribution in [2.45, 2.75) is 19.3 Å². The normalized spacial score (nSPS) is 14.5. The van der Waals surface area contributed by atoms with E-state index in [1.165, 1.54) is 0 Å². The molecule has 0 heterocycles. The van der Waals surface area contributed by atoms with E-state index in [0.717, 1.165) is 11.1 Å². The first kappa shape index (κ1) is 9.71. The third-order valence-electron chi connectivity index (χ3n) is 2.56. The average molecular weight is 205 g/mol. The maximum atomic E-state index is 11.3. The molecule has 1 aliphatic carbocycles. The van der Waals surface area contributed by atoms with Crippen LogP contribution in [0.5, 0.6) is 0 Å². The molecule has 0 aromatic heterocycles. The molecule has 0 unspecified atom stereocenters. The molecule has 0 bridgehead atoms. The molecular weight excluding hydrogens is 194 g/mol. The number of rotatable bonds is 1. The number of carbonyl (C=O) groups is 2. The average Bonchev–Trinajstić information content (AvgIpc) is 2.18. The van der Waals surface area contributed by atoms with E-state index in [2.05, 4.69) is 5.32 Å². The number of carbonyl (C=O) groups excluding carboxylic acids is 1. The first-order valence-corrected chi connectivity index (χ1v) is 4.79. The quantitative estimate of drug-likeness (QED) is 0.735. The fourth-order valence-electron chi connectivity index (χ4n) is 1.87. The largest absolute Gasteiger partial charge is 0.465 e. The number of carboxylic acid groups (broad SMARTS) is 1. The van der Waals surface area contributed by atoms with Crippen LogP contribution >= 0.6 is 0 Å². The summed E-state index contributed by atoms with van der Waals surface area (Å²) in [5.41, 5.74) is 2.44. The van der Waals surface area contributed by atoms with Crippen molar-refractivity contribution in [1.29, 1.82) is 0 Å². The molecule has 0 fully saturated rings. The summed E-state index contributed by atoms with van der Waals surface area (Å²) in [6.45, 7) is 0. The van der Waals surface area contributed by atoms with Gasteiger partial charge in [-0.3, -0.25) is 10.1 Å². The molecular formula is C11H11NO3. The second kappa shape index (κ2) is 3.73. The first-order valence-electron chi connectivity index (χ1n) is 4.79. The highest BCUT2D eigenvalue weighted by atomic mass is 16.4. The SMILES string of the molecule is O=C1CCc2cccc(NC(=O)O)c2C1. The lowest BCUT2D eigenvalue weighted by atomic mass is 9.89. The molecule has 1 aromatic rings. The zero-order valence-electron chi connectivity index (χ0n) is 8.12. The van der Waals surface area contributed by atoms with Crippen molar-refractivity contribution < 1.29 is 14.7 Å². The Morgan fingerprint density at radius 2 is 2.13 bits per heavy atom. The number of amides is 1. The van der Waals surface area contributed by atoms with E-state index in [0.29, 0.717) is 24.9 Å². The highest BCUT2D eigenvalue weighted by Crippen LogP contribution is 2.26. The van der Waals surface area contributed by atoms with Gasteiger partial charge in [0.25, 0.3) is 0 Å². The highest BCUT2D eigenvalue weighted by molar-refractivity contribution is 5.89. The fraction of sp³-hybridized carbons (Fsp3) is 0.273. The number of nitrogens with one attached hydrogen (secondary N) is 1. The molecule has 0 saturated heterocycles. The summed E-state index contributed by atoms with van der Waals surface area (Å²) in [7, 11) is 0. The third kappa shape index (κ3) is 1.98. The summed E-state index contributed by atoms with van der Waals surface area (Å²) < 4.78 is 0. The van der Waals surface area contributed by atoms with Gasteiger partial charge in [0.1, 0.15) is 5.78 Å². The molecule has 1 amide bonds. The van der Waals surface area contributed by atoms with Crippen LogP contribution in [0.4, 0.5) is 10.5 Å². The Kier molecular flexibility index (Phi) is 2.41. The summed E-state index contributed by atoms with van der Waals surface area (Å²) in [6.07, 6.45) is 0.514. The van der Waals surface area contributed by atoms with Crippen molar-refractivity contribution in [3.63, 3.8) is 0 Å². The van der Waals surface area contributed by atoms with E-state index < -0.39 is 6.09 Å². The molecule has 78 valence electrons. The Balaban J connectivity index is 2.39. The van der Waals surface area contributed by atoms with Crippen LogP contribution in [0.1, 0.15) is 17.5 Å². The van der Waals surface area contributed by atoms with Crippen molar-refractivity contribution in [3.05, 3.63) is 29.3 Å². The van der Waals surface area contributed by atoms with Gasteiger partial charge in [-0.2, -0.15) is 0 Å². The summed E-state index contributed by atoms with van der Waals surface area (Å²) in [6, 6.07) is 5.43. The van der Waals surface area contributed by atoms with Crippen LogP contribution < -0.4 is 5.32 Å². The predicted octanol–water partition coefficient (Wildman–Crippen LogP) is 1.83. The van der Waals surface area contributed by atoms with Crippen LogP contribution in [-0.2, 0) is 17.6 Å².